The summed E-state index contributed by atoms with van der Waals surface area (Å²) in [6.45, 7) is 2.61. The van der Waals surface area contributed by atoms with E-state index in [0.29, 0.717) is 6.54 Å². The van der Waals surface area contributed by atoms with Crippen LogP contribution in [0, 0.1) is 0 Å². The van der Waals surface area contributed by atoms with E-state index in [1.165, 1.54) is 18.3 Å². The molecule has 140 valence electrons. The van der Waals surface area contributed by atoms with E-state index >= 15 is 0 Å². The van der Waals surface area contributed by atoms with Crippen molar-refractivity contribution in [3.8, 4) is 0 Å². The quantitative estimate of drug-likeness (QED) is 0.777. The molecule has 0 aliphatic rings. The van der Waals surface area contributed by atoms with Crippen LogP contribution >= 0.6 is 11.6 Å². The van der Waals surface area contributed by atoms with Crippen molar-refractivity contribution in [3.05, 3.63) is 46.7 Å². The van der Waals surface area contributed by atoms with Crippen molar-refractivity contribution in [3.63, 3.8) is 0 Å². The number of hydrogen-bond donors (Lipinski definition) is 1. The molecule has 1 heterocycles. The smallest absolute Gasteiger partial charge is 0.340 e. The normalized spacial score (nSPS) is 11.3. The Morgan fingerprint density at radius 3 is 2.69 bits per heavy atom. The lowest BCUT2D eigenvalue weighted by Crippen LogP contribution is -2.28. The zero-order valence-corrected chi connectivity index (χ0v) is 15.0. The highest BCUT2D eigenvalue weighted by molar-refractivity contribution is 6.31. The molecule has 0 unspecified atom stereocenters. The molecule has 1 N–H and O–H groups in total. The molecule has 0 bridgehead atoms. The van der Waals surface area contributed by atoms with Gasteiger partial charge in [0.25, 0.3) is 5.91 Å². The van der Waals surface area contributed by atoms with Crippen molar-refractivity contribution in [1.29, 1.82) is 0 Å². The predicted octanol–water partition coefficient (Wildman–Crippen LogP) is 4.76. The van der Waals surface area contributed by atoms with Gasteiger partial charge in [-0.05, 0) is 30.7 Å². The standard InChI is InChI=1S/C17H18ClF3N4O/c1-3-4-9-25(2)15(26)14-7-8-22-16(24-14)23-11-5-6-13(18)12(10-11)17(19,20)21/h5-8,10H,3-4,9H2,1-2H3,(H,22,23,24). The van der Waals surface area contributed by atoms with Crippen LogP contribution in [0.4, 0.5) is 24.8 Å². The number of carbonyl (C=O) groups excluding carboxylic acids is 1. The summed E-state index contributed by atoms with van der Waals surface area (Å²) in [5.74, 6) is -0.258. The first-order chi connectivity index (χ1) is 12.2. The molecule has 2 rings (SSSR count). The van der Waals surface area contributed by atoms with Crippen LogP contribution in [0.3, 0.4) is 0 Å². The molecule has 0 aliphatic heterocycles. The highest BCUT2D eigenvalue weighted by Gasteiger charge is 2.33. The summed E-state index contributed by atoms with van der Waals surface area (Å²) >= 11 is 5.60. The fraction of sp³-hybridized carbons (Fsp3) is 0.353. The minimum atomic E-state index is -4.57. The molecular weight excluding hydrogens is 369 g/mol. The zero-order valence-electron chi connectivity index (χ0n) is 14.3. The molecule has 0 spiro atoms. The summed E-state index contributed by atoms with van der Waals surface area (Å²) in [7, 11) is 1.67. The number of nitrogens with zero attached hydrogens (tertiary/aromatic N) is 3. The lowest BCUT2D eigenvalue weighted by Gasteiger charge is -2.16. The van der Waals surface area contributed by atoms with Crippen molar-refractivity contribution in [1.82, 2.24) is 14.9 Å². The number of rotatable bonds is 6. The maximum atomic E-state index is 12.9. The summed E-state index contributed by atoms with van der Waals surface area (Å²) in [6, 6.07) is 4.84. The molecule has 26 heavy (non-hydrogen) atoms. The van der Waals surface area contributed by atoms with Crippen molar-refractivity contribution >= 4 is 29.1 Å². The Hall–Kier alpha value is -2.35. The monoisotopic (exact) mass is 386 g/mol. The SMILES string of the molecule is CCCCN(C)C(=O)c1ccnc(Nc2ccc(Cl)c(C(F)(F)F)c2)n1. The summed E-state index contributed by atoms with van der Waals surface area (Å²) in [4.78, 5) is 21.9. The second-order valence-electron chi connectivity index (χ2n) is 5.66. The van der Waals surface area contributed by atoms with E-state index in [1.807, 2.05) is 6.92 Å². The Kier molecular flexibility index (Phi) is 6.42. The van der Waals surface area contributed by atoms with Gasteiger partial charge in [-0.25, -0.2) is 9.97 Å². The Labute approximate surface area is 154 Å². The first-order valence-corrected chi connectivity index (χ1v) is 8.32. The van der Waals surface area contributed by atoms with Gasteiger partial charge in [0.05, 0.1) is 10.6 Å². The molecule has 0 saturated heterocycles. The molecule has 1 aromatic heterocycles. The van der Waals surface area contributed by atoms with Gasteiger partial charge in [-0.3, -0.25) is 4.79 Å². The summed E-state index contributed by atoms with van der Waals surface area (Å²) in [6.07, 6.45) is -1.39. The third-order valence-corrected chi connectivity index (χ3v) is 3.93. The van der Waals surface area contributed by atoms with Crippen LogP contribution in [-0.4, -0.2) is 34.4 Å². The number of aromatic nitrogens is 2. The van der Waals surface area contributed by atoms with Gasteiger partial charge in [0, 0.05) is 25.5 Å². The lowest BCUT2D eigenvalue weighted by molar-refractivity contribution is -0.137. The molecule has 9 heteroatoms. The Balaban J connectivity index is 2.20. The van der Waals surface area contributed by atoms with E-state index in [1.54, 1.807) is 11.9 Å². The molecule has 2 aromatic rings. The van der Waals surface area contributed by atoms with E-state index < -0.39 is 16.8 Å². The molecule has 0 fully saturated rings. The van der Waals surface area contributed by atoms with Gasteiger partial charge in [-0.2, -0.15) is 13.2 Å². The largest absolute Gasteiger partial charge is 0.417 e. The van der Waals surface area contributed by atoms with Crippen molar-refractivity contribution in [2.24, 2.45) is 0 Å². The fourth-order valence-corrected chi connectivity index (χ4v) is 2.40. The Morgan fingerprint density at radius 1 is 1.31 bits per heavy atom. The fourth-order valence-electron chi connectivity index (χ4n) is 2.18. The van der Waals surface area contributed by atoms with Crippen molar-refractivity contribution in [2.45, 2.75) is 25.9 Å². The maximum absolute atomic E-state index is 12.9. The number of unbranched alkanes of at least 4 members (excludes halogenated alkanes) is 1. The van der Waals surface area contributed by atoms with Gasteiger partial charge >= 0.3 is 6.18 Å². The molecular formula is C17H18ClF3N4O. The topological polar surface area (TPSA) is 58.1 Å². The van der Waals surface area contributed by atoms with Gasteiger partial charge in [-0.15, -0.1) is 0 Å². The zero-order chi connectivity index (χ0) is 19.3. The van der Waals surface area contributed by atoms with Crippen LogP contribution in [0.5, 0.6) is 0 Å². The van der Waals surface area contributed by atoms with Crippen LogP contribution in [0.15, 0.2) is 30.5 Å². The first kappa shape index (κ1) is 20.0. The number of alkyl halides is 3. The Morgan fingerprint density at radius 2 is 2.04 bits per heavy atom. The van der Waals surface area contributed by atoms with Crippen LogP contribution in [-0.2, 0) is 6.18 Å². The first-order valence-electron chi connectivity index (χ1n) is 7.94. The number of amides is 1. The number of anilines is 2. The predicted molar refractivity (Wildman–Crippen MR) is 93.6 cm³/mol. The summed E-state index contributed by atoms with van der Waals surface area (Å²) in [5, 5.41) is 2.27. The van der Waals surface area contributed by atoms with Gasteiger partial charge in [0.15, 0.2) is 0 Å². The second kappa shape index (κ2) is 8.35. The van der Waals surface area contributed by atoms with Crippen molar-refractivity contribution < 1.29 is 18.0 Å². The van der Waals surface area contributed by atoms with E-state index in [4.69, 9.17) is 11.6 Å². The number of benzene rings is 1. The lowest BCUT2D eigenvalue weighted by atomic mass is 10.2. The van der Waals surface area contributed by atoms with Crippen LogP contribution < -0.4 is 5.32 Å². The van der Waals surface area contributed by atoms with E-state index in [0.717, 1.165) is 25.0 Å². The molecule has 0 aliphatic carbocycles. The minimum absolute atomic E-state index is 0.0233. The molecule has 1 amide bonds. The highest BCUT2D eigenvalue weighted by Crippen LogP contribution is 2.36. The number of carbonyl (C=O) groups is 1. The third-order valence-electron chi connectivity index (χ3n) is 3.60. The van der Waals surface area contributed by atoms with Crippen LogP contribution in [0.2, 0.25) is 5.02 Å². The Bertz CT molecular complexity index is 783. The molecule has 5 nitrogen and oxygen atoms in total. The van der Waals surface area contributed by atoms with Gasteiger partial charge < -0.3 is 10.2 Å². The summed E-state index contributed by atoms with van der Waals surface area (Å²) < 4.78 is 38.8. The number of hydrogen-bond acceptors (Lipinski definition) is 4. The van der Waals surface area contributed by atoms with E-state index in [2.05, 4.69) is 15.3 Å². The minimum Gasteiger partial charge on any atom is -0.340 e. The van der Waals surface area contributed by atoms with E-state index in [9.17, 15) is 18.0 Å². The van der Waals surface area contributed by atoms with Crippen LogP contribution in [0.25, 0.3) is 0 Å². The maximum Gasteiger partial charge on any atom is 0.417 e. The average molecular weight is 387 g/mol. The average Bonchev–Trinajstić information content (AvgIpc) is 2.60. The van der Waals surface area contributed by atoms with Crippen molar-refractivity contribution in [2.75, 3.05) is 18.9 Å². The van der Waals surface area contributed by atoms with Gasteiger partial charge in [-0.1, -0.05) is 24.9 Å². The van der Waals surface area contributed by atoms with E-state index in [-0.39, 0.29) is 23.2 Å². The second-order valence-corrected chi connectivity index (χ2v) is 6.07. The number of halogens is 4. The molecule has 0 radical (unpaired) electrons. The molecule has 1 aromatic carbocycles. The number of nitrogens with one attached hydrogen (secondary N) is 1. The van der Waals surface area contributed by atoms with Gasteiger partial charge in [0.2, 0.25) is 5.95 Å². The molecule has 0 atom stereocenters. The van der Waals surface area contributed by atoms with Crippen LogP contribution in [0.1, 0.15) is 35.8 Å². The van der Waals surface area contributed by atoms with Gasteiger partial charge in [0.1, 0.15) is 5.69 Å². The third kappa shape index (κ3) is 5.08. The highest BCUT2D eigenvalue weighted by atomic mass is 35.5. The summed E-state index contributed by atoms with van der Waals surface area (Å²) in [5.41, 5.74) is -0.688. The molecule has 0 saturated carbocycles.